The predicted octanol–water partition coefficient (Wildman–Crippen LogP) is 1.96. The second kappa shape index (κ2) is 9.79. The van der Waals surface area contributed by atoms with Crippen molar-refractivity contribution in [3.05, 3.63) is 37.2 Å². The Balaban J connectivity index is 1.95. The lowest BCUT2D eigenvalue weighted by Crippen LogP contribution is -2.44. The molecule has 2 aromatic rings. The number of anilines is 4. The standard InChI is InChI=1S/C21H26N6O4/c1-4-18(29)26-7-5-6-14(11-26)25-21-19(20(22)23-12-24-21)27(13-28)15-8-16(30-2)10-17(9-15)31-3/h4,8-10,12-14H,1,5-7,11H2,2-3H3,(H3,22,23,24,25)/t14-/m1/s1. The summed E-state index contributed by atoms with van der Waals surface area (Å²) in [6.45, 7) is 4.71. The van der Waals surface area contributed by atoms with Gasteiger partial charge in [0.1, 0.15) is 23.5 Å². The largest absolute Gasteiger partial charge is 0.497 e. The molecule has 1 aromatic carbocycles. The summed E-state index contributed by atoms with van der Waals surface area (Å²) in [6.07, 6.45) is 4.92. The van der Waals surface area contributed by atoms with Gasteiger partial charge in [0.25, 0.3) is 0 Å². The summed E-state index contributed by atoms with van der Waals surface area (Å²) in [4.78, 5) is 35.6. The molecule has 1 saturated heterocycles. The number of hydrogen-bond donors (Lipinski definition) is 2. The molecule has 2 amide bonds. The average Bonchev–Trinajstić information content (AvgIpc) is 2.80. The van der Waals surface area contributed by atoms with Gasteiger partial charge >= 0.3 is 0 Å². The Morgan fingerprint density at radius 1 is 1.29 bits per heavy atom. The number of amides is 2. The van der Waals surface area contributed by atoms with Gasteiger partial charge in [0, 0.05) is 37.3 Å². The van der Waals surface area contributed by atoms with Crippen molar-refractivity contribution in [1.29, 1.82) is 0 Å². The number of nitrogens with zero attached hydrogens (tertiary/aromatic N) is 4. The fourth-order valence-corrected chi connectivity index (χ4v) is 3.53. The number of carbonyl (C=O) groups excluding carboxylic acids is 2. The van der Waals surface area contributed by atoms with Crippen LogP contribution in [0.25, 0.3) is 0 Å². The van der Waals surface area contributed by atoms with E-state index in [0.717, 1.165) is 12.8 Å². The number of ether oxygens (including phenoxy) is 2. The summed E-state index contributed by atoms with van der Waals surface area (Å²) in [5.74, 6) is 1.42. The zero-order chi connectivity index (χ0) is 22.4. The van der Waals surface area contributed by atoms with Crippen LogP contribution in [0.2, 0.25) is 0 Å². The molecule has 0 radical (unpaired) electrons. The topological polar surface area (TPSA) is 123 Å². The third-order valence-corrected chi connectivity index (χ3v) is 5.06. The van der Waals surface area contributed by atoms with Gasteiger partial charge in [0.05, 0.1) is 19.9 Å². The summed E-state index contributed by atoms with van der Waals surface area (Å²) in [5.41, 5.74) is 6.93. The van der Waals surface area contributed by atoms with Crippen LogP contribution in [0.3, 0.4) is 0 Å². The van der Waals surface area contributed by atoms with Crippen molar-refractivity contribution in [2.75, 3.05) is 43.3 Å². The molecule has 1 aromatic heterocycles. The van der Waals surface area contributed by atoms with Crippen molar-refractivity contribution in [2.24, 2.45) is 0 Å². The van der Waals surface area contributed by atoms with Crippen LogP contribution in [0.1, 0.15) is 12.8 Å². The van der Waals surface area contributed by atoms with Gasteiger partial charge < -0.3 is 25.4 Å². The molecule has 0 aliphatic carbocycles. The van der Waals surface area contributed by atoms with Gasteiger partial charge in [-0.1, -0.05) is 6.58 Å². The van der Waals surface area contributed by atoms with Gasteiger partial charge in [-0.25, -0.2) is 9.97 Å². The number of aromatic nitrogens is 2. The molecule has 164 valence electrons. The fourth-order valence-electron chi connectivity index (χ4n) is 3.53. The Bertz CT molecular complexity index is 945. The minimum Gasteiger partial charge on any atom is -0.497 e. The van der Waals surface area contributed by atoms with Crippen molar-refractivity contribution >= 4 is 35.3 Å². The molecule has 1 fully saturated rings. The highest BCUT2D eigenvalue weighted by Crippen LogP contribution is 2.37. The van der Waals surface area contributed by atoms with Gasteiger partial charge in [-0.3, -0.25) is 14.5 Å². The van der Waals surface area contributed by atoms with Crippen molar-refractivity contribution in [3.8, 4) is 11.5 Å². The number of nitrogens with one attached hydrogen (secondary N) is 1. The zero-order valence-corrected chi connectivity index (χ0v) is 17.6. The minimum atomic E-state index is -0.119. The molecule has 3 N–H and O–H groups in total. The van der Waals surface area contributed by atoms with E-state index < -0.39 is 0 Å². The van der Waals surface area contributed by atoms with E-state index >= 15 is 0 Å². The molecular formula is C21H26N6O4. The van der Waals surface area contributed by atoms with E-state index in [1.807, 2.05) is 0 Å². The van der Waals surface area contributed by atoms with E-state index in [9.17, 15) is 9.59 Å². The number of nitrogen functional groups attached to an aromatic ring is 1. The number of hydrogen-bond acceptors (Lipinski definition) is 8. The van der Waals surface area contributed by atoms with Crippen LogP contribution in [0.4, 0.5) is 23.0 Å². The van der Waals surface area contributed by atoms with Crippen molar-refractivity contribution in [3.63, 3.8) is 0 Å². The summed E-state index contributed by atoms with van der Waals surface area (Å²) in [5, 5.41) is 3.32. The van der Waals surface area contributed by atoms with Crippen LogP contribution >= 0.6 is 0 Å². The SMILES string of the molecule is C=CC(=O)N1CCC[C@@H](Nc2ncnc(N)c2N(C=O)c2cc(OC)cc(OC)c2)C1. The highest BCUT2D eigenvalue weighted by Gasteiger charge is 2.26. The lowest BCUT2D eigenvalue weighted by molar-refractivity contribution is -0.127. The normalized spacial score (nSPS) is 15.7. The fraction of sp³-hybridized carbons (Fsp3) is 0.333. The zero-order valence-electron chi connectivity index (χ0n) is 17.6. The number of methoxy groups -OCH3 is 2. The third kappa shape index (κ3) is 4.85. The molecule has 0 saturated carbocycles. The number of piperidine rings is 1. The van der Waals surface area contributed by atoms with Crippen molar-refractivity contribution < 1.29 is 19.1 Å². The molecular weight excluding hydrogens is 400 g/mol. The van der Waals surface area contributed by atoms with E-state index in [1.54, 1.807) is 23.1 Å². The maximum atomic E-state index is 12.1. The first-order chi connectivity index (χ1) is 15.0. The van der Waals surface area contributed by atoms with Gasteiger partial charge in [0.2, 0.25) is 12.3 Å². The van der Waals surface area contributed by atoms with Crippen molar-refractivity contribution in [1.82, 2.24) is 14.9 Å². The molecule has 1 atom stereocenters. The quantitative estimate of drug-likeness (QED) is 0.485. The maximum absolute atomic E-state index is 12.1. The first-order valence-electron chi connectivity index (χ1n) is 9.76. The molecule has 0 unspecified atom stereocenters. The maximum Gasteiger partial charge on any atom is 0.246 e. The number of rotatable bonds is 8. The van der Waals surface area contributed by atoms with E-state index in [-0.39, 0.29) is 17.8 Å². The van der Waals surface area contributed by atoms with E-state index in [2.05, 4.69) is 21.9 Å². The summed E-state index contributed by atoms with van der Waals surface area (Å²) in [6, 6.07) is 4.99. The Labute approximate surface area is 180 Å². The van der Waals surface area contributed by atoms with Gasteiger partial charge in [-0.05, 0) is 18.9 Å². The molecule has 10 heteroatoms. The van der Waals surface area contributed by atoms with Crippen LogP contribution in [0, 0.1) is 0 Å². The third-order valence-electron chi connectivity index (χ3n) is 5.06. The molecule has 0 spiro atoms. The van der Waals surface area contributed by atoms with Crippen LogP contribution < -0.4 is 25.4 Å². The average molecular weight is 426 g/mol. The van der Waals surface area contributed by atoms with E-state index in [1.165, 1.54) is 31.5 Å². The van der Waals surface area contributed by atoms with Crippen LogP contribution in [0.15, 0.2) is 37.2 Å². The molecule has 1 aliphatic heterocycles. The Hall–Kier alpha value is -3.82. The predicted molar refractivity (Wildman–Crippen MR) is 118 cm³/mol. The summed E-state index contributed by atoms with van der Waals surface area (Å²) < 4.78 is 10.6. The van der Waals surface area contributed by atoms with Crippen LogP contribution in [0.5, 0.6) is 11.5 Å². The van der Waals surface area contributed by atoms with Gasteiger partial charge in [-0.15, -0.1) is 0 Å². The molecule has 2 heterocycles. The lowest BCUT2D eigenvalue weighted by Gasteiger charge is -2.33. The minimum absolute atomic E-state index is 0.0703. The number of likely N-dealkylation sites (tertiary alicyclic amines) is 1. The smallest absolute Gasteiger partial charge is 0.246 e. The van der Waals surface area contributed by atoms with Gasteiger partial charge in [0.15, 0.2) is 11.6 Å². The molecule has 1 aliphatic rings. The Morgan fingerprint density at radius 3 is 2.61 bits per heavy atom. The second-order valence-electron chi connectivity index (χ2n) is 6.97. The number of carbonyl (C=O) groups is 2. The molecule has 0 bridgehead atoms. The highest BCUT2D eigenvalue weighted by atomic mass is 16.5. The summed E-state index contributed by atoms with van der Waals surface area (Å²) in [7, 11) is 3.05. The van der Waals surface area contributed by atoms with Crippen LogP contribution in [-0.4, -0.2) is 60.5 Å². The second-order valence-corrected chi connectivity index (χ2v) is 6.97. The summed E-state index contributed by atoms with van der Waals surface area (Å²) >= 11 is 0. The lowest BCUT2D eigenvalue weighted by atomic mass is 10.1. The van der Waals surface area contributed by atoms with E-state index in [4.69, 9.17) is 15.2 Å². The highest BCUT2D eigenvalue weighted by molar-refractivity contribution is 5.96. The first-order valence-corrected chi connectivity index (χ1v) is 9.76. The Kier molecular flexibility index (Phi) is 6.91. The van der Waals surface area contributed by atoms with Crippen LogP contribution in [-0.2, 0) is 9.59 Å². The monoisotopic (exact) mass is 426 g/mol. The molecule has 10 nitrogen and oxygen atoms in total. The van der Waals surface area contributed by atoms with Gasteiger partial charge in [-0.2, -0.15) is 0 Å². The first kappa shape index (κ1) is 21.9. The molecule has 3 rings (SSSR count). The number of nitrogens with two attached hydrogens (primary N) is 1. The Morgan fingerprint density at radius 2 is 2.00 bits per heavy atom. The van der Waals surface area contributed by atoms with Crippen molar-refractivity contribution in [2.45, 2.75) is 18.9 Å². The molecule has 31 heavy (non-hydrogen) atoms. The number of benzene rings is 1. The van der Waals surface area contributed by atoms with E-state index in [0.29, 0.717) is 48.2 Å².